The summed E-state index contributed by atoms with van der Waals surface area (Å²) in [7, 11) is 0. The van der Waals surface area contributed by atoms with Crippen LogP contribution in [-0.2, 0) is 14.3 Å². The molecule has 0 radical (unpaired) electrons. The van der Waals surface area contributed by atoms with E-state index >= 15 is 0 Å². The normalized spacial score (nSPS) is 30.7. The number of hydrogen-bond donors (Lipinski definition) is 1. The molecule has 2 fully saturated rings. The second kappa shape index (κ2) is 5.56. The number of ether oxygens (including phenoxy) is 2. The number of carbonyl (C=O) groups excluding carboxylic acids is 1. The molecule has 5 heteroatoms. The van der Waals surface area contributed by atoms with Crippen LogP contribution in [0.15, 0.2) is 24.3 Å². The third-order valence-electron chi connectivity index (χ3n) is 4.38. The van der Waals surface area contributed by atoms with Crippen molar-refractivity contribution in [3.63, 3.8) is 0 Å². The lowest BCUT2D eigenvalue weighted by Gasteiger charge is -2.28. The molecule has 3 rings (SSSR count). The largest absolute Gasteiger partial charge is 0.399 e. The van der Waals surface area contributed by atoms with Gasteiger partial charge in [-0.25, -0.2) is 0 Å². The number of nitrogen functional groups attached to an aromatic ring is 1. The Kier molecular flexibility index (Phi) is 3.87. The van der Waals surface area contributed by atoms with Crippen LogP contribution in [-0.4, -0.2) is 35.3 Å². The van der Waals surface area contributed by atoms with Crippen LogP contribution in [0.1, 0.15) is 45.2 Å². The molecule has 2 aliphatic rings. The fourth-order valence-electron chi connectivity index (χ4n) is 3.50. The maximum Gasteiger partial charge on any atom is 0.255 e. The first-order valence-electron chi connectivity index (χ1n) is 7.89. The smallest absolute Gasteiger partial charge is 0.255 e. The van der Waals surface area contributed by atoms with E-state index in [0.717, 1.165) is 30.6 Å². The van der Waals surface area contributed by atoms with Gasteiger partial charge in [-0.2, -0.15) is 0 Å². The Morgan fingerprint density at radius 2 is 2.14 bits per heavy atom. The predicted molar refractivity (Wildman–Crippen MR) is 84.0 cm³/mol. The Hall–Kier alpha value is -1.59. The first kappa shape index (κ1) is 15.3. The number of nitrogens with zero attached hydrogens (tertiary/aromatic N) is 1. The zero-order chi connectivity index (χ0) is 15.9. The Labute approximate surface area is 131 Å². The van der Waals surface area contributed by atoms with Crippen LogP contribution in [0.2, 0.25) is 0 Å². The van der Waals surface area contributed by atoms with Gasteiger partial charge in [-0.15, -0.1) is 0 Å². The third-order valence-corrected chi connectivity index (χ3v) is 4.38. The summed E-state index contributed by atoms with van der Waals surface area (Å²) in [6.07, 6.45) is 1.19. The Morgan fingerprint density at radius 3 is 2.77 bits per heavy atom. The SMILES string of the molecule is C[C@@H]1OC(C)(C)O[C@H]1C(=O)N1CCCC1c1cccc(N)c1. The summed E-state index contributed by atoms with van der Waals surface area (Å²) in [5.41, 5.74) is 7.70. The number of nitrogens with two attached hydrogens (primary N) is 1. The van der Waals surface area contributed by atoms with Crippen molar-refractivity contribution in [1.29, 1.82) is 0 Å². The molecule has 3 atom stereocenters. The van der Waals surface area contributed by atoms with E-state index in [2.05, 4.69) is 0 Å². The van der Waals surface area contributed by atoms with Gasteiger partial charge < -0.3 is 20.1 Å². The Bertz CT molecular complexity index is 573. The molecular weight excluding hydrogens is 280 g/mol. The summed E-state index contributed by atoms with van der Waals surface area (Å²) in [5.74, 6) is -0.686. The van der Waals surface area contributed by atoms with Gasteiger partial charge in [-0.05, 0) is 51.3 Å². The molecule has 22 heavy (non-hydrogen) atoms. The van der Waals surface area contributed by atoms with Crippen molar-refractivity contribution < 1.29 is 14.3 Å². The molecule has 0 aromatic heterocycles. The molecule has 0 saturated carbocycles. The van der Waals surface area contributed by atoms with Crippen LogP contribution < -0.4 is 5.73 Å². The van der Waals surface area contributed by atoms with E-state index in [1.165, 1.54) is 0 Å². The predicted octanol–water partition coefficient (Wildman–Crippen LogP) is 2.47. The number of hydrogen-bond acceptors (Lipinski definition) is 4. The van der Waals surface area contributed by atoms with Crippen molar-refractivity contribution in [3.05, 3.63) is 29.8 Å². The Morgan fingerprint density at radius 1 is 1.36 bits per heavy atom. The van der Waals surface area contributed by atoms with Gasteiger partial charge in [0.1, 0.15) is 0 Å². The van der Waals surface area contributed by atoms with Crippen molar-refractivity contribution in [2.45, 2.75) is 57.6 Å². The average Bonchev–Trinajstić information content (AvgIpc) is 3.02. The number of rotatable bonds is 2. The molecule has 0 aliphatic carbocycles. The van der Waals surface area contributed by atoms with Crippen molar-refractivity contribution in [2.75, 3.05) is 12.3 Å². The van der Waals surface area contributed by atoms with Crippen LogP contribution >= 0.6 is 0 Å². The van der Waals surface area contributed by atoms with E-state index in [9.17, 15) is 4.79 Å². The molecule has 2 heterocycles. The lowest BCUT2D eigenvalue weighted by Crippen LogP contribution is -2.42. The van der Waals surface area contributed by atoms with Crippen LogP contribution in [0.5, 0.6) is 0 Å². The maximum atomic E-state index is 12.9. The highest BCUT2D eigenvalue weighted by molar-refractivity contribution is 5.82. The highest BCUT2D eigenvalue weighted by atomic mass is 16.8. The van der Waals surface area contributed by atoms with Gasteiger partial charge >= 0.3 is 0 Å². The van der Waals surface area contributed by atoms with Gasteiger partial charge in [0.15, 0.2) is 11.9 Å². The highest BCUT2D eigenvalue weighted by Crippen LogP contribution is 2.36. The van der Waals surface area contributed by atoms with E-state index in [1.54, 1.807) is 0 Å². The second-order valence-electron chi connectivity index (χ2n) is 6.62. The number of likely N-dealkylation sites (tertiary alicyclic amines) is 1. The van der Waals surface area contributed by atoms with Crippen molar-refractivity contribution in [1.82, 2.24) is 4.90 Å². The third kappa shape index (κ3) is 2.83. The van der Waals surface area contributed by atoms with Gasteiger partial charge in [0, 0.05) is 12.2 Å². The molecule has 120 valence electrons. The van der Waals surface area contributed by atoms with E-state index in [1.807, 2.05) is 49.9 Å². The molecule has 1 aromatic carbocycles. The molecular formula is C17H24N2O3. The first-order chi connectivity index (χ1) is 10.4. The monoisotopic (exact) mass is 304 g/mol. The van der Waals surface area contributed by atoms with Gasteiger partial charge in [-0.1, -0.05) is 12.1 Å². The molecule has 0 bridgehead atoms. The van der Waals surface area contributed by atoms with E-state index in [-0.39, 0.29) is 18.1 Å². The second-order valence-corrected chi connectivity index (χ2v) is 6.62. The number of benzene rings is 1. The fourth-order valence-corrected chi connectivity index (χ4v) is 3.50. The summed E-state index contributed by atoms with van der Waals surface area (Å²) >= 11 is 0. The molecule has 2 aliphatic heterocycles. The number of carbonyl (C=O) groups is 1. The highest BCUT2D eigenvalue weighted by Gasteiger charge is 2.46. The minimum absolute atomic E-state index is 0.0167. The Balaban J connectivity index is 1.80. The van der Waals surface area contributed by atoms with Crippen molar-refractivity contribution >= 4 is 11.6 Å². The van der Waals surface area contributed by atoms with E-state index in [0.29, 0.717) is 0 Å². The quantitative estimate of drug-likeness (QED) is 0.853. The lowest BCUT2D eigenvalue weighted by atomic mass is 10.0. The summed E-state index contributed by atoms with van der Waals surface area (Å²) < 4.78 is 11.5. The molecule has 2 N–H and O–H groups in total. The molecule has 2 saturated heterocycles. The van der Waals surface area contributed by atoms with Gasteiger partial charge in [0.2, 0.25) is 0 Å². The summed E-state index contributed by atoms with van der Waals surface area (Å²) in [6, 6.07) is 7.87. The summed E-state index contributed by atoms with van der Waals surface area (Å²) in [4.78, 5) is 14.8. The van der Waals surface area contributed by atoms with Crippen LogP contribution in [0.25, 0.3) is 0 Å². The summed E-state index contributed by atoms with van der Waals surface area (Å²) in [5, 5.41) is 0. The zero-order valence-electron chi connectivity index (χ0n) is 13.4. The maximum absolute atomic E-state index is 12.9. The molecule has 1 amide bonds. The molecule has 1 aromatic rings. The fraction of sp³-hybridized carbons (Fsp3) is 0.588. The minimum Gasteiger partial charge on any atom is -0.399 e. The number of amides is 1. The van der Waals surface area contributed by atoms with E-state index < -0.39 is 11.9 Å². The number of anilines is 1. The van der Waals surface area contributed by atoms with Crippen molar-refractivity contribution in [2.24, 2.45) is 0 Å². The average molecular weight is 304 g/mol. The molecule has 1 unspecified atom stereocenters. The zero-order valence-corrected chi connectivity index (χ0v) is 13.4. The standard InChI is InChI=1S/C17H24N2O3/c1-11-15(22-17(2,3)21-11)16(20)19-9-5-8-14(19)12-6-4-7-13(18)10-12/h4,6-7,10-11,14-15H,5,8-9,18H2,1-3H3/t11-,14?,15+/m0/s1. The van der Waals surface area contributed by atoms with Gasteiger partial charge in [0.05, 0.1) is 12.1 Å². The first-order valence-corrected chi connectivity index (χ1v) is 7.89. The lowest BCUT2D eigenvalue weighted by molar-refractivity contribution is -0.162. The van der Waals surface area contributed by atoms with Crippen LogP contribution in [0.4, 0.5) is 5.69 Å². The molecule has 5 nitrogen and oxygen atoms in total. The van der Waals surface area contributed by atoms with Crippen LogP contribution in [0, 0.1) is 0 Å². The topological polar surface area (TPSA) is 64.8 Å². The summed E-state index contributed by atoms with van der Waals surface area (Å²) in [6.45, 7) is 6.33. The van der Waals surface area contributed by atoms with Gasteiger partial charge in [0.25, 0.3) is 5.91 Å². The van der Waals surface area contributed by atoms with E-state index in [4.69, 9.17) is 15.2 Å². The van der Waals surface area contributed by atoms with Gasteiger partial charge in [-0.3, -0.25) is 4.79 Å². The van der Waals surface area contributed by atoms with Crippen LogP contribution in [0.3, 0.4) is 0 Å². The molecule has 0 spiro atoms. The minimum atomic E-state index is -0.702. The van der Waals surface area contributed by atoms with Crippen molar-refractivity contribution in [3.8, 4) is 0 Å².